The van der Waals surface area contributed by atoms with Crippen molar-refractivity contribution in [3.63, 3.8) is 0 Å². The van der Waals surface area contributed by atoms with E-state index in [1.54, 1.807) is 22.3 Å². The largest absolute Gasteiger partial charge is 0.256 e. The van der Waals surface area contributed by atoms with E-state index in [1.807, 2.05) is 12.3 Å². The van der Waals surface area contributed by atoms with Gasteiger partial charge in [-0.2, -0.15) is 0 Å². The normalized spacial score (nSPS) is 14.1. The van der Waals surface area contributed by atoms with Crippen LogP contribution in [0.25, 0.3) is 55.8 Å². The number of hydrogen-bond donors (Lipinski definition) is 0. The third kappa shape index (κ3) is 8.89. The monoisotopic (exact) mass is 820 g/mol. The third-order valence-corrected chi connectivity index (χ3v) is 14.9. The molecule has 0 unspecified atom stereocenters. The zero-order chi connectivity index (χ0) is 42.8. The Morgan fingerprint density at radius 3 is 1.18 bits per heavy atom. The fourth-order valence-corrected chi connectivity index (χ4v) is 11.6. The summed E-state index contributed by atoms with van der Waals surface area (Å²) in [6, 6.07) is 47.4. The fourth-order valence-electron chi connectivity index (χ4n) is 11.6. The lowest BCUT2D eigenvalue weighted by molar-refractivity contribution is 0.401. The molecule has 1 heterocycles. The summed E-state index contributed by atoms with van der Waals surface area (Å²) in [5, 5.41) is 0. The summed E-state index contributed by atoms with van der Waals surface area (Å²) >= 11 is 0. The molecule has 62 heavy (non-hydrogen) atoms. The number of rotatable bonds is 23. The molecule has 0 atom stereocenters. The topological polar surface area (TPSA) is 12.9 Å². The summed E-state index contributed by atoms with van der Waals surface area (Å²) in [5.74, 6) is 0. The molecule has 2 aliphatic carbocycles. The van der Waals surface area contributed by atoms with E-state index in [2.05, 4.69) is 143 Å². The molecule has 0 aliphatic heterocycles. The third-order valence-electron chi connectivity index (χ3n) is 14.9. The van der Waals surface area contributed by atoms with Crippen LogP contribution >= 0.6 is 0 Å². The van der Waals surface area contributed by atoms with Gasteiger partial charge in [0.15, 0.2) is 0 Å². The second kappa shape index (κ2) is 20.6. The van der Waals surface area contributed by atoms with E-state index in [9.17, 15) is 0 Å². The second-order valence-electron chi connectivity index (χ2n) is 19.0. The van der Waals surface area contributed by atoms with Crippen molar-refractivity contribution in [1.29, 1.82) is 0 Å². The molecule has 0 saturated carbocycles. The van der Waals surface area contributed by atoms with Crippen LogP contribution < -0.4 is 0 Å². The molecule has 0 saturated heterocycles. The van der Waals surface area contributed by atoms with E-state index in [0.717, 1.165) is 5.69 Å². The highest BCUT2D eigenvalue weighted by Gasteiger charge is 2.44. The Morgan fingerprint density at radius 1 is 0.323 bits per heavy atom. The van der Waals surface area contributed by atoms with Crippen LogP contribution in [0.4, 0.5) is 0 Å². The van der Waals surface area contributed by atoms with Gasteiger partial charge < -0.3 is 0 Å². The molecule has 2 aliphatic rings. The lowest BCUT2D eigenvalue weighted by Gasteiger charge is -2.34. The highest BCUT2D eigenvalue weighted by molar-refractivity contribution is 5.88. The van der Waals surface area contributed by atoms with Crippen molar-refractivity contribution >= 4 is 0 Å². The summed E-state index contributed by atoms with van der Waals surface area (Å²) in [5.41, 5.74) is 19.8. The molecule has 8 rings (SSSR count). The van der Waals surface area contributed by atoms with Crippen molar-refractivity contribution in [2.45, 2.75) is 167 Å². The zero-order valence-electron chi connectivity index (χ0n) is 38.7. The lowest BCUT2D eigenvalue weighted by Crippen LogP contribution is -2.26. The number of nitrogens with zero attached hydrogens (tertiary/aromatic N) is 1. The SMILES string of the molecule is CCCCCCC1(CCCCCC)c2ccccc2-c2ccc(-c3ccc4c(c3)C(CCCCCC)(CCCCCC)c3cc(-c5cccc(-c6ccccn6)c5)ccc3-4)cc21. The van der Waals surface area contributed by atoms with E-state index >= 15 is 0 Å². The number of hydrogen-bond acceptors (Lipinski definition) is 1. The predicted molar refractivity (Wildman–Crippen MR) is 268 cm³/mol. The average Bonchev–Trinajstić information content (AvgIpc) is 3.75. The predicted octanol–water partition coefficient (Wildman–Crippen LogP) is 18.5. The van der Waals surface area contributed by atoms with Crippen molar-refractivity contribution in [3.8, 4) is 55.8 Å². The maximum atomic E-state index is 4.70. The average molecular weight is 820 g/mol. The van der Waals surface area contributed by atoms with Gasteiger partial charge in [0.1, 0.15) is 0 Å². The Balaban J connectivity index is 1.23. The second-order valence-corrected chi connectivity index (χ2v) is 19.0. The molecular formula is C61H73N. The van der Waals surface area contributed by atoms with Crippen LogP contribution in [-0.2, 0) is 10.8 Å². The molecule has 0 spiro atoms. The number of benzene rings is 5. The number of unbranched alkanes of at least 4 members (excludes halogenated alkanes) is 12. The van der Waals surface area contributed by atoms with Crippen molar-refractivity contribution in [2.24, 2.45) is 0 Å². The first-order valence-corrected chi connectivity index (χ1v) is 25.1. The minimum atomic E-state index is -0.00789. The Morgan fingerprint density at radius 2 is 0.726 bits per heavy atom. The minimum Gasteiger partial charge on any atom is -0.256 e. The molecule has 0 N–H and O–H groups in total. The molecule has 1 heteroatoms. The minimum absolute atomic E-state index is 0.00789. The molecule has 322 valence electrons. The van der Waals surface area contributed by atoms with Crippen LogP contribution in [0.3, 0.4) is 0 Å². The van der Waals surface area contributed by atoms with Gasteiger partial charge in [-0.05, 0) is 129 Å². The van der Waals surface area contributed by atoms with E-state index in [-0.39, 0.29) is 10.8 Å². The molecule has 1 nitrogen and oxygen atoms in total. The molecule has 0 amide bonds. The number of fused-ring (bicyclic) bond motifs is 6. The van der Waals surface area contributed by atoms with Crippen molar-refractivity contribution in [3.05, 3.63) is 150 Å². The number of pyridine rings is 1. The molecule has 1 aromatic heterocycles. The Labute approximate surface area is 375 Å². The van der Waals surface area contributed by atoms with Crippen LogP contribution in [0.5, 0.6) is 0 Å². The van der Waals surface area contributed by atoms with Crippen LogP contribution in [0.15, 0.2) is 128 Å². The molecule has 0 bridgehead atoms. The first-order valence-electron chi connectivity index (χ1n) is 25.1. The van der Waals surface area contributed by atoms with Gasteiger partial charge in [-0.3, -0.25) is 4.98 Å². The standard InChI is InChI=1S/C61H73N/c1-5-9-13-20-37-60(38-21-14-10-6-2)55-29-18-17-28-51(55)52-34-32-48(44-56(52)60)49-33-36-54-53-35-31-47(46-26-25-27-50(42-46)59-30-19-24-41-62-59)43-57(53)61(58(54)45-49,39-22-15-11-7-3)40-23-16-12-8-4/h17-19,24-36,41-45H,5-16,20-23,37-40H2,1-4H3. The van der Waals surface area contributed by atoms with Gasteiger partial charge in [-0.15, -0.1) is 0 Å². The van der Waals surface area contributed by atoms with Gasteiger partial charge in [0, 0.05) is 22.6 Å². The van der Waals surface area contributed by atoms with Gasteiger partial charge in [-0.1, -0.05) is 215 Å². The van der Waals surface area contributed by atoms with Gasteiger partial charge in [-0.25, -0.2) is 0 Å². The molecular weight excluding hydrogens is 747 g/mol. The summed E-state index contributed by atoms with van der Waals surface area (Å²) in [6.07, 6.45) is 27.5. The van der Waals surface area contributed by atoms with E-state index in [4.69, 9.17) is 4.98 Å². The highest BCUT2D eigenvalue weighted by atomic mass is 14.7. The van der Waals surface area contributed by atoms with Gasteiger partial charge in [0.25, 0.3) is 0 Å². The molecule has 0 fully saturated rings. The maximum absolute atomic E-state index is 4.70. The molecule has 0 radical (unpaired) electrons. The van der Waals surface area contributed by atoms with Crippen molar-refractivity contribution < 1.29 is 0 Å². The van der Waals surface area contributed by atoms with Crippen molar-refractivity contribution in [1.82, 2.24) is 4.98 Å². The molecule has 5 aromatic carbocycles. The summed E-state index contributed by atoms with van der Waals surface area (Å²) in [6.45, 7) is 9.38. The Kier molecular flexibility index (Phi) is 14.6. The van der Waals surface area contributed by atoms with E-state index in [1.165, 1.54) is 178 Å². The Hall–Kier alpha value is -4.75. The summed E-state index contributed by atoms with van der Waals surface area (Å²) in [4.78, 5) is 4.70. The Bertz CT molecular complexity index is 2360. The fraction of sp³-hybridized carbons (Fsp3) is 0.426. The van der Waals surface area contributed by atoms with E-state index < -0.39 is 0 Å². The first kappa shape index (κ1) is 43.9. The first-order chi connectivity index (χ1) is 30.6. The quantitative estimate of drug-likeness (QED) is 0.0587. The van der Waals surface area contributed by atoms with Crippen LogP contribution in [0, 0.1) is 0 Å². The van der Waals surface area contributed by atoms with Gasteiger partial charge >= 0.3 is 0 Å². The number of aromatic nitrogens is 1. The van der Waals surface area contributed by atoms with Gasteiger partial charge in [0.2, 0.25) is 0 Å². The van der Waals surface area contributed by atoms with E-state index in [0.29, 0.717) is 0 Å². The van der Waals surface area contributed by atoms with Crippen molar-refractivity contribution in [2.75, 3.05) is 0 Å². The van der Waals surface area contributed by atoms with Crippen LogP contribution in [0.2, 0.25) is 0 Å². The van der Waals surface area contributed by atoms with Crippen LogP contribution in [0.1, 0.15) is 178 Å². The summed E-state index contributed by atoms with van der Waals surface area (Å²) < 4.78 is 0. The molecule has 6 aromatic rings. The highest BCUT2D eigenvalue weighted by Crippen LogP contribution is 2.58. The smallest absolute Gasteiger partial charge is 0.0702 e. The maximum Gasteiger partial charge on any atom is 0.0702 e. The zero-order valence-corrected chi connectivity index (χ0v) is 38.7. The summed E-state index contributed by atoms with van der Waals surface area (Å²) in [7, 11) is 0. The lowest BCUT2D eigenvalue weighted by atomic mass is 9.69. The van der Waals surface area contributed by atoms with Crippen LogP contribution in [-0.4, -0.2) is 4.98 Å². The van der Waals surface area contributed by atoms with Gasteiger partial charge in [0.05, 0.1) is 5.69 Å².